The fourth-order valence-corrected chi connectivity index (χ4v) is 5.42. The van der Waals surface area contributed by atoms with E-state index in [1.807, 2.05) is 12.1 Å². The summed E-state index contributed by atoms with van der Waals surface area (Å²) < 4.78 is 5.42. The summed E-state index contributed by atoms with van der Waals surface area (Å²) in [6, 6.07) is 5.59. The third kappa shape index (κ3) is 3.42. The van der Waals surface area contributed by atoms with Gasteiger partial charge in [-0.1, -0.05) is 51.4 Å². The summed E-state index contributed by atoms with van der Waals surface area (Å²) in [4.78, 5) is 26.6. The molecule has 4 nitrogen and oxygen atoms in total. The molecule has 29 heavy (non-hydrogen) atoms. The fraction of sp³-hybridized carbons (Fsp3) is 0.500. The van der Waals surface area contributed by atoms with E-state index < -0.39 is 5.92 Å². The number of hydrogen-bond acceptors (Lipinski definition) is 4. The smallest absolute Gasteiger partial charge is 0.162 e. The van der Waals surface area contributed by atoms with Crippen molar-refractivity contribution in [2.45, 2.75) is 59.3 Å². The Morgan fingerprint density at radius 1 is 0.931 bits per heavy atom. The van der Waals surface area contributed by atoms with E-state index >= 15 is 0 Å². The number of benzene rings is 1. The van der Waals surface area contributed by atoms with E-state index in [9.17, 15) is 9.59 Å². The highest BCUT2D eigenvalue weighted by molar-refractivity contribution is 6.33. The van der Waals surface area contributed by atoms with E-state index in [-0.39, 0.29) is 22.4 Å². The van der Waals surface area contributed by atoms with Crippen LogP contribution in [0, 0.1) is 10.8 Å². The number of allylic oxidation sites excluding steroid dienone is 4. The second-order valence-corrected chi connectivity index (χ2v) is 10.5. The molecule has 2 aliphatic carbocycles. The van der Waals surface area contributed by atoms with E-state index in [2.05, 4.69) is 33.0 Å². The molecule has 0 saturated heterocycles. The van der Waals surface area contributed by atoms with Gasteiger partial charge in [-0.25, -0.2) is 0 Å². The third-order valence-corrected chi connectivity index (χ3v) is 6.65. The first-order chi connectivity index (χ1) is 13.5. The molecule has 1 heterocycles. The molecule has 0 amide bonds. The van der Waals surface area contributed by atoms with Gasteiger partial charge in [-0.2, -0.15) is 0 Å². The summed E-state index contributed by atoms with van der Waals surface area (Å²) in [5, 5.41) is 3.99. The van der Waals surface area contributed by atoms with Crippen LogP contribution in [0.5, 0.6) is 5.75 Å². The Bertz CT molecular complexity index is 932. The lowest BCUT2D eigenvalue weighted by Crippen LogP contribution is -2.42. The molecule has 154 valence electrons. The second kappa shape index (κ2) is 6.73. The van der Waals surface area contributed by atoms with E-state index in [4.69, 9.17) is 16.3 Å². The minimum absolute atomic E-state index is 0.0943. The maximum absolute atomic E-state index is 13.3. The third-order valence-electron chi connectivity index (χ3n) is 6.24. The van der Waals surface area contributed by atoms with Gasteiger partial charge < -0.3 is 10.1 Å². The van der Waals surface area contributed by atoms with E-state index in [1.54, 1.807) is 13.2 Å². The first-order valence-corrected chi connectivity index (χ1v) is 10.5. The van der Waals surface area contributed by atoms with Crippen molar-refractivity contribution < 1.29 is 14.3 Å². The SMILES string of the molecule is COc1cccc(C2C3=C(CC(C)(C)CC3=O)NC3=C2C(=O)CC(C)(C)C3)c1Cl. The van der Waals surface area contributed by atoms with Gasteiger partial charge in [-0.3, -0.25) is 9.59 Å². The predicted octanol–water partition coefficient (Wildman–Crippen LogP) is 5.32. The van der Waals surface area contributed by atoms with Gasteiger partial charge in [0.1, 0.15) is 5.75 Å². The maximum Gasteiger partial charge on any atom is 0.162 e. The lowest BCUT2D eigenvalue weighted by molar-refractivity contribution is -0.119. The average molecular weight is 414 g/mol. The average Bonchev–Trinajstić information content (AvgIpc) is 2.58. The molecule has 0 bridgehead atoms. The number of Topliss-reactive ketones (excluding diaryl/α,β-unsaturated/α-hetero) is 2. The second-order valence-electron chi connectivity index (χ2n) is 10.1. The number of carbonyl (C=O) groups is 2. The van der Waals surface area contributed by atoms with Crippen LogP contribution in [0.1, 0.15) is 64.9 Å². The zero-order valence-corrected chi connectivity index (χ0v) is 18.5. The molecule has 1 aromatic carbocycles. The lowest BCUT2D eigenvalue weighted by Gasteiger charge is -2.44. The molecule has 1 aliphatic heterocycles. The zero-order chi connectivity index (χ0) is 21.1. The van der Waals surface area contributed by atoms with Gasteiger partial charge in [0.25, 0.3) is 0 Å². The summed E-state index contributed by atoms with van der Waals surface area (Å²) in [6.07, 6.45) is 2.48. The van der Waals surface area contributed by atoms with Gasteiger partial charge in [0.15, 0.2) is 11.6 Å². The number of halogens is 1. The van der Waals surface area contributed by atoms with Gasteiger partial charge in [0, 0.05) is 41.3 Å². The van der Waals surface area contributed by atoms with Gasteiger partial charge in [0.05, 0.1) is 12.1 Å². The quantitative estimate of drug-likeness (QED) is 0.712. The van der Waals surface area contributed by atoms with Crippen LogP contribution in [-0.2, 0) is 9.59 Å². The van der Waals surface area contributed by atoms with Crippen LogP contribution in [0.15, 0.2) is 40.7 Å². The molecule has 3 aliphatic rings. The number of dihydropyridines is 1. The topological polar surface area (TPSA) is 55.4 Å². The van der Waals surface area contributed by atoms with Gasteiger partial charge in [-0.05, 0) is 35.3 Å². The molecule has 0 fully saturated rings. The minimum atomic E-state index is -0.434. The number of rotatable bonds is 2. The Hall–Kier alpha value is -2.07. The Kier molecular flexibility index (Phi) is 4.69. The first kappa shape index (κ1) is 20.2. The summed E-state index contributed by atoms with van der Waals surface area (Å²) in [7, 11) is 1.57. The predicted molar refractivity (Wildman–Crippen MR) is 114 cm³/mol. The monoisotopic (exact) mass is 413 g/mol. The number of carbonyl (C=O) groups excluding carboxylic acids is 2. The molecule has 4 rings (SSSR count). The molecule has 0 atom stereocenters. The molecule has 5 heteroatoms. The van der Waals surface area contributed by atoms with E-state index in [0.717, 1.165) is 29.8 Å². The Labute approximate surface area is 177 Å². The van der Waals surface area contributed by atoms with Crippen LogP contribution in [0.3, 0.4) is 0 Å². The van der Waals surface area contributed by atoms with Crippen LogP contribution < -0.4 is 10.1 Å². The van der Waals surface area contributed by atoms with Crippen molar-refractivity contribution in [2.75, 3.05) is 7.11 Å². The van der Waals surface area contributed by atoms with Crippen molar-refractivity contribution in [3.8, 4) is 5.75 Å². The number of hydrogen-bond donors (Lipinski definition) is 1. The Balaban J connectivity index is 1.96. The van der Waals surface area contributed by atoms with Crippen LogP contribution in [0.4, 0.5) is 0 Å². The van der Waals surface area contributed by atoms with Crippen molar-refractivity contribution in [3.05, 3.63) is 51.3 Å². The minimum Gasteiger partial charge on any atom is -0.495 e. The normalized spacial score (nSPS) is 23.5. The van der Waals surface area contributed by atoms with Crippen LogP contribution >= 0.6 is 11.6 Å². The van der Waals surface area contributed by atoms with Crippen molar-refractivity contribution in [1.82, 2.24) is 5.32 Å². The van der Waals surface area contributed by atoms with Gasteiger partial charge in [0.2, 0.25) is 0 Å². The highest BCUT2D eigenvalue weighted by Crippen LogP contribution is 2.52. The van der Waals surface area contributed by atoms with E-state index in [1.165, 1.54) is 0 Å². The van der Waals surface area contributed by atoms with Gasteiger partial charge >= 0.3 is 0 Å². The molecule has 0 spiro atoms. The number of methoxy groups -OCH3 is 1. The van der Waals surface area contributed by atoms with E-state index in [0.29, 0.717) is 34.8 Å². The molecule has 0 saturated carbocycles. The molecular weight excluding hydrogens is 386 g/mol. The molecule has 0 unspecified atom stereocenters. The fourth-order valence-electron chi connectivity index (χ4n) is 5.11. The summed E-state index contributed by atoms with van der Waals surface area (Å²) in [5.74, 6) is 0.309. The van der Waals surface area contributed by atoms with Crippen LogP contribution in [-0.4, -0.2) is 18.7 Å². The number of ketones is 2. The zero-order valence-electron chi connectivity index (χ0n) is 17.7. The number of ether oxygens (including phenoxy) is 1. The Morgan fingerprint density at radius 3 is 1.93 bits per heavy atom. The van der Waals surface area contributed by atoms with Crippen LogP contribution in [0.25, 0.3) is 0 Å². The standard InChI is InChI=1S/C24H28ClNO3/c1-23(2)9-14-20(16(27)11-23)19(13-7-6-8-18(29-5)22(13)25)21-15(26-14)10-24(3,4)12-17(21)28/h6-8,19,26H,9-12H2,1-5H3. The highest BCUT2D eigenvalue weighted by Gasteiger charge is 2.46. The summed E-state index contributed by atoms with van der Waals surface area (Å²) in [6.45, 7) is 8.46. The summed E-state index contributed by atoms with van der Waals surface area (Å²) in [5.41, 5.74) is 3.83. The number of nitrogens with one attached hydrogen (secondary N) is 1. The first-order valence-electron chi connectivity index (χ1n) is 10.1. The van der Waals surface area contributed by atoms with Crippen LogP contribution in [0.2, 0.25) is 5.02 Å². The summed E-state index contributed by atoms with van der Waals surface area (Å²) >= 11 is 6.70. The molecule has 0 aromatic heterocycles. The van der Waals surface area contributed by atoms with Gasteiger partial charge in [-0.15, -0.1) is 0 Å². The Morgan fingerprint density at radius 2 is 1.45 bits per heavy atom. The van der Waals surface area contributed by atoms with Crippen molar-refractivity contribution >= 4 is 23.2 Å². The molecule has 0 radical (unpaired) electrons. The molecule has 1 aromatic rings. The van der Waals surface area contributed by atoms with Crippen molar-refractivity contribution in [2.24, 2.45) is 10.8 Å². The largest absolute Gasteiger partial charge is 0.495 e. The van der Waals surface area contributed by atoms with Crippen molar-refractivity contribution in [3.63, 3.8) is 0 Å². The lowest BCUT2D eigenvalue weighted by atomic mass is 9.64. The molecule has 1 N–H and O–H groups in total. The molecular formula is C24H28ClNO3. The highest BCUT2D eigenvalue weighted by atomic mass is 35.5. The maximum atomic E-state index is 13.3. The van der Waals surface area contributed by atoms with Crippen molar-refractivity contribution in [1.29, 1.82) is 0 Å².